The van der Waals surface area contributed by atoms with E-state index in [-0.39, 0.29) is 6.04 Å². The summed E-state index contributed by atoms with van der Waals surface area (Å²) in [5.74, 6) is 0.911. The lowest BCUT2D eigenvalue weighted by Crippen LogP contribution is -2.17. The molecule has 0 saturated carbocycles. The van der Waals surface area contributed by atoms with Crippen LogP contribution in [0.4, 0.5) is 0 Å². The minimum atomic E-state index is -0.103. The highest BCUT2D eigenvalue weighted by Gasteiger charge is 2.29. The molecule has 1 aliphatic rings. The van der Waals surface area contributed by atoms with Gasteiger partial charge < -0.3 is 4.52 Å². The van der Waals surface area contributed by atoms with Crippen molar-refractivity contribution in [3.8, 4) is 29.0 Å². The van der Waals surface area contributed by atoms with Crippen LogP contribution in [0.5, 0.6) is 0 Å². The van der Waals surface area contributed by atoms with Gasteiger partial charge in [-0.25, -0.2) is 4.98 Å². The first-order chi connectivity index (χ1) is 12.2. The van der Waals surface area contributed by atoms with Gasteiger partial charge in [-0.05, 0) is 44.0 Å². The summed E-state index contributed by atoms with van der Waals surface area (Å²) >= 11 is 0. The van der Waals surface area contributed by atoms with Crippen molar-refractivity contribution >= 4 is 0 Å². The fourth-order valence-corrected chi connectivity index (χ4v) is 3.05. The van der Waals surface area contributed by atoms with E-state index in [1.165, 1.54) is 0 Å². The Morgan fingerprint density at radius 2 is 2.12 bits per heavy atom. The van der Waals surface area contributed by atoms with Crippen LogP contribution in [0.3, 0.4) is 0 Å². The van der Waals surface area contributed by atoms with Gasteiger partial charge in [-0.1, -0.05) is 11.2 Å². The maximum absolute atomic E-state index is 9.18. The highest BCUT2D eigenvalue weighted by molar-refractivity contribution is 5.62. The van der Waals surface area contributed by atoms with E-state index in [1.54, 1.807) is 11.1 Å². The van der Waals surface area contributed by atoms with Gasteiger partial charge in [0.1, 0.15) is 11.7 Å². The van der Waals surface area contributed by atoms with Crippen LogP contribution in [0, 0.1) is 18.4 Å². The molecule has 0 amide bonds. The zero-order valence-electron chi connectivity index (χ0n) is 13.8. The zero-order chi connectivity index (χ0) is 17.2. The number of aromatic nitrogens is 4. The second-order valence-electron chi connectivity index (χ2n) is 6.00. The van der Waals surface area contributed by atoms with Gasteiger partial charge in [0.25, 0.3) is 5.89 Å². The lowest BCUT2D eigenvalue weighted by Gasteiger charge is -2.13. The normalized spacial score (nSPS) is 16.8. The SMILES string of the molecule is Cc1cc(-c2cccc(-c3nc([C@@H]4CCCN4C#N)no3)n2)ccn1. The van der Waals surface area contributed by atoms with Gasteiger partial charge in [-0.15, -0.1) is 0 Å². The molecule has 0 unspecified atom stereocenters. The third-order valence-electron chi connectivity index (χ3n) is 4.28. The quantitative estimate of drug-likeness (QED) is 0.680. The number of pyridine rings is 2. The molecular formula is C18H16N6O. The second kappa shape index (κ2) is 6.32. The fourth-order valence-electron chi connectivity index (χ4n) is 3.05. The van der Waals surface area contributed by atoms with E-state index >= 15 is 0 Å². The van der Waals surface area contributed by atoms with Crippen LogP contribution in [-0.4, -0.2) is 31.6 Å². The fraction of sp³-hybridized carbons (Fsp3) is 0.278. The molecule has 0 bridgehead atoms. The van der Waals surface area contributed by atoms with Crippen LogP contribution < -0.4 is 0 Å². The van der Waals surface area contributed by atoms with E-state index < -0.39 is 0 Å². The predicted octanol–water partition coefficient (Wildman–Crippen LogP) is 3.12. The molecule has 1 fully saturated rings. The minimum Gasteiger partial charge on any atom is -0.332 e. The molecule has 0 aliphatic carbocycles. The van der Waals surface area contributed by atoms with Crippen molar-refractivity contribution in [2.24, 2.45) is 0 Å². The van der Waals surface area contributed by atoms with Gasteiger partial charge in [0.2, 0.25) is 0 Å². The average Bonchev–Trinajstić information content (AvgIpc) is 3.30. The van der Waals surface area contributed by atoms with Crippen molar-refractivity contribution in [2.75, 3.05) is 6.54 Å². The molecular weight excluding hydrogens is 316 g/mol. The second-order valence-corrected chi connectivity index (χ2v) is 6.00. The van der Waals surface area contributed by atoms with Crippen LogP contribution in [0.25, 0.3) is 22.8 Å². The van der Waals surface area contributed by atoms with E-state index in [0.29, 0.717) is 17.4 Å². The third kappa shape index (κ3) is 2.94. The summed E-state index contributed by atoms with van der Waals surface area (Å²) in [6.45, 7) is 2.68. The molecule has 1 aliphatic heterocycles. The van der Waals surface area contributed by atoms with Crippen LogP contribution in [0.1, 0.15) is 30.4 Å². The molecule has 0 N–H and O–H groups in total. The average molecular weight is 332 g/mol. The predicted molar refractivity (Wildman–Crippen MR) is 89.8 cm³/mol. The molecule has 3 aromatic heterocycles. The Bertz CT molecular complexity index is 944. The molecule has 1 saturated heterocycles. The van der Waals surface area contributed by atoms with Crippen molar-refractivity contribution in [3.05, 3.63) is 48.0 Å². The summed E-state index contributed by atoms with van der Waals surface area (Å²) in [7, 11) is 0. The lowest BCUT2D eigenvalue weighted by atomic mass is 10.1. The molecule has 124 valence electrons. The molecule has 25 heavy (non-hydrogen) atoms. The maximum atomic E-state index is 9.18. The summed E-state index contributed by atoms with van der Waals surface area (Å²) in [5.41, 5.74) is 3.36. The topological polar surface area (TPSA) is 91.7 Å². The summed E-state index contributed by atoms with van der Waals surface area (Å²) in [4.78, 5) is 15.0. The molecule has 4 heterocycles. The van der Waals surface area contributed by atoms with Crippen molar-refractivity contribution in [1.29, 1.82) is 5.26 Å². The summed E-state index contributed by atoms with van der Waals surface area (Å²) in [6.07, 6.45) is 5.76. The minimum absolute atomic E-state index is 0.103. The highest BCUT2D eigenvalue weighted by atomic mass is 16.5. The summed E-state index contributed by atoms with van der Waals surface area (Å²) in [5, 5.41) is 13.2. The molecule has 0 aromatic carbocycles. The van der Waals surface area contributed by atoms with E-state index in [4.69, 9.17) is 4.52 Å². The molecule has 7 heteroatoms. The number of rotatable bonds is 3. The first-order valence-corrected chi connectivity index (χ1v) is 8.15. The van der Waals surface area contributed by atoms with Crippen LogP contribution in [0.15, 0.2) is 41.1 Å². The van der Waals surface area contributed by atoms with Crippen molar-refractivity contribution in [1.82, 2.24) is 25.0 Å². The first kappa shape index (κ1) is 15.3. The summed E-state index contributed by atoms with van der Waals surface area (Å²) in [6, 6.07) is 9.48. The third-order valence-corrected chi connectivity index (χ3v) is 4.28. The monoisotopic (exact) mass is 332 g/mol. The number of hydrogen-bond acceptors (Lipinski definition) is 7. The van der Waals surface area contributed by atoms with Crippen LogP contribution in [-0.2, 0) is 0 Å². The first-order valence-electron chi connectivity index (χ1n) is 8.15. The molecule has 1 atom stereocenters. The Hall–Kier alpha value is -3.27. The van der Waals surface area contributed by atoms with Gasteiger partial charge in [0, 0.05) is 24.0 Å². The van der Waals surface area contributed by atoms with E-state index in [9.17, 15) is 5.26 Å². The van der Waals surface area contributed by atoms with Gasteiger partial charge in [-0.2, -0.15) is 10.2 Å². The van der Waals surface area contributed by atoms with E-state index in [2.05, 4.69) is 26.3 Å². The lowest BCUT2D eigenvalue weighted by molar-refractivity contribution is 0.339. The van der Waals surface area contributed by atoms with Gasteiger partial charge in [0.05, 0.1) is 5.69 Å². The van der Waals surface area contributed by atoms with Gasteiger partial charge in [-0.3, -0.25) is 9.88 Å². The molecule has 3 aromatic rings. The molecule has 4 rings (SSSR count). The standard InChI is InChI=1S/C18H16N6O/c1-12-10-13(7-8-20-12)14-4-2-5-15(21-14)18-22-17(23-25-18)16-6-3-9-24(16)11-19/h2,4-5,7-8,10,16H,3,6,9H2,1H3/t16-/m0/s1. The van der Waals surface area contributed by atoms with Crippen LogP contribution >= 0.6 is 0 Å². The van der Waals surface area contributed by atoms with Gasteiger partial charge >= 0.3 is 0 Å². The zero-order valence-corrected chi connectivity index (χ0v) is 13.8. The maximum Gasteiger partial charge on any atom is 0.276 e. The molecule has 0 spiro atoms. The smallest absolute Gasteiger partial charge is 0.276 e. The number of aryl methyl sites for hydroxylation is 1. The molecule has 7 nitrogen and oxygen atoms in total. The van der Waals surface area contributed by atoms with Crippen molar-refractivity contribution in [2.45, 2.75) is 25.8 Å². The summed E-state index contributed by atoms with van der Waals surface area (Å²) < 4.78 is 5.40. The number of likely N-dealkylation sites (tertiary alicyclic amines) is 1. The Morgan fingerprint density at radius 3 is 2.96 bits per heavy atom. The Kier molecular flexibility index (Phi) is 3.86. The van der Waals surface area contributed by atoms with Gasteiger partial charge in [0.15, 0.2) is 12.0 Å². The Morgan fingerprint density at radius 1 is 1.24 bits per heavy atom. The van der Waals surface area contributed by atoms with E-state index in [1.807, 2.05) is 37.3 Å². The molecule has 0 radical (unpaired) electrons. The highest BCUT2D eigenvalue weighted by Crippen LogP contribution is 2.30. The van der Waals surface area contributed by atoms with Crippen molar-refractivity contribution < 1.29 is 4.52 Å². The Labute approximate surface area is 145 Å². The van der Waals surface area contributed by atoms with E-state index in [0.717, 1.165) is 36.3 Å². The number of nitrogens with zero attached hydrogens (tertiary/aromatic N) is 6. The Balaban J connectivity index is 1.65. The number of hydrogen-bond donors (Lipinski definition) is 0. The van der Waals surface area contributed by atoms with Crippen LogP contribution in [0.2, 0.25) is 0 Å². The largest absolute Gasteiger partial charge is 0.332 e. The van der Waals surface area contributed by atoms with Crippen molar-refractivity contribution in [3.63, 3.8) is 0 Å². The number of nitriles is 1.